The van der Waals surface area contributed by atoms with E-state index in [-0.39, 0.29) is 5.78 Å². The van der Waals surface area contributed by atoms with Gasteiger partial charge in [-0.15, -0.1) is 11.8 Å². The molecule has 3 heteroatoms. The summed E-state index contributed by atoms with van der Waals surface area (Å²) in [6.07, 6.45) is 3.40. The largest absolute Gasteiger partial charge is 0.294 e. The van der Waals surface area contributed by atoms with Crippen molar-refractivity contribution < 1.29 is 4.79 Å². The van der Waals surface area contributed by atoms with Crippen LogP contribution in [0.1, 0.15) is 30.1 Å². The lowest BCUT2D eigenvalue weighted by molar-refractivity contribution is 0.0966. The summed E-state index contributed by atoms with van der Waals surface area (Å²) in [6.45, 7) is 2.07. The Morgan fingerprint density at radius 2 is 1.94 bits per heavy atom. The Labute approximate surface area is 107 Å². The zero-order chi connectivity index (χ0) is 12.0. The van der Waals surface area contributed by atoms with Crippen LogP contribution in [0.2, 0.25) is 0 Å². The van der Waals surface area contributed by atoms with Gasteiger partial charge in [-0.25, -0.2) is 0 Å². The minimum Gasteiger partial charge on any atom is -0.294 e. The van der Waals surface area contributed by atoms with Gasteiger partial charge < -0.3 is 0 Å². The minimum absolute atomic E-state index is 0.206. The lowest BCUT2D eigenvalue weighted by Crippen LogP contribution is -2.08. The third-order valence-electron chi connectivity index (χ3n) is 2.37. The molecule has 1 aromatic carbocycles. The Kier molecular flexibility index (Phi) is 5.71. The number of thiocarbonyl (C=S) groups is 1. The van der Waals surface area contributed by atoms with Crippen LogP contribution in [0.15, 0.2) is 30.3 Å². The molecule has 0 N–H and O–H groups in total. The Balaban J connectivity index is 2.49. The first-order valence-corrected chi connectivity index (χ1v) is 6.92. The maximum Gasteiger partial charge on any atom is 0.163 e. The van der Waals surface area contributed by atoms with Crippen molar-refractivity contribution in [1.29, 1.82) is 0 Å². The standard InChI is InChI=1S/C13H16OS2/c1-10(9-13(15)16-2)8-12(14)11-6-4-3-5-7-11/h3-7,10H,8-9H2,1-2H3. The van der Waals surface area contributed by atoms with E-state index >= 15 is 0 Å². The van der Waals surface area contributed by atoms with Crippen molar-refractivity contribution >= 4 is 34.0 Å². The molecule has 1 rings (SSSR count). The molecule has 0 aliphatic heterocycles. The van der Waals surface area contributed by atoms with E-state index in [0.717, 1.165) is 16.2 Å². The molecular formula is C13H16OS2. The van der Waals surface area contributed by atoms with E-state index in [2.05, 4.69) is 6.92 Å². The fraction of sp³-hybridized carbons (Fsp3) is 0.385. The van der Waals surface area contributed by atoms with Crippen molar-refractivity contribution in [2.24, 2.45) is 5.92 Å². The van der Waals surface area contributed by atoms with Gasteiger partial charge in [-0.1, -0.05) is 49.5 Å². The maximum absolute atomic E-state index is 11.9. The molecule has 1 unspecified atom stereocenters. The zero-order valence-corrected chi connectivity index (χ0v) is 11.2. The second kappa shape index (κ2) is 6.81. The van der Waals surface area contributed by atoms with Crippen LogP contribution in [0.25, 0.3) is 0 Å². The Hall–Kier alpha value is -0.670. The number of ketones is 1. The fourth-order valence-corrected chi connectivity index (χ4v) is 2.23. The number of hydrogen-bond donors (Lipinski definition) is 0. The highest BCUT2D eigenvalue weighted by Crippen LogP contribution is 2.17. The van der Waals surface area contributed by atoms with Crippen LogP contribution < -0.4 is 0 Å². The quantitative estimate of drug-likeness (QED) is 0.583. The topological polar surface area (TPSA) is 17.1 Å². The first-order chi connectivity index (χ1) is 7.63. The molecule has 0 fully saturated rings. The molecule has 1 aromatic rings. The molecule has 0 bridgehead atoms. The molecular weight excluding hydrogens is 236 g/mol. The molecule has 0 saturated carbocycles. The molecule has 1 atom stereocenters. The van der Waals surface area contributed by atoms with Gasteiger partial charge in [-0.05, 0) is 18.6 Å². The molecule has 0 amide bonds. The van der Waals surface area contributed by atoms with E-state index in [1.165, 1.54) is 0 Å². The third kappa shape index (κ3) is 4.45. The van der Waals surface area contributed by atoms with Crippen molar-refractivity contribution in [3.8, 4) is 0 Å². The van der Waals surface area contributed by atoms with E-state index in [1.54, 1.807) is 11.8 Å². The molecule has 0 aliphatic carbocycles. The summed E-state index contributed by atoms with van der Waals surface area (Å²) in [7, 11) is 0. The summed E-state index contributed by atoms with van der Waals surface area (Å²) < 4.78 is 0.980. The van der Waals surface area contributed by atoms with Gasteiger partial charge in [0.2, 0.25) is 0 Å². The minimum atomic E-state index is 0.206. The van der Waals surface area contributed by atoms with Gasteiger partial charge in [0, 0.05) is 16.2 Å². The lowest BCUT2D eigenvalue weighted by atomic mass is 9.98. The molecule has 0 aliphatic rings. The summed E-state index contributed by atoms with van der Waals surface area (Å²) in [5, 5.41) is 0. The number of thioether (sulfide) groups is 1. The Morgan fingerprint density at radius 1 is 1.31 bits per heavy atom. The second-order valence-electron chi connectivity index (χ2n) is 3.88. The first-order valence-electron chi connectivity index (χ1n) is 5.28. The van der Waals surface area contributed by atoms with Gasteiger partial charge in [-0.3, -0.25) is 4.79 Å². The van der Waals surface area contributed by atoms with Crippen LogP contribution in [0.5, 0.6) is 0 Å². The van der Waals surface area contributed by atoms with Crippen LogP contribution in [-0.4, -0.2) is 16.2 Å². The number of benzene rings is 1. The first kappa shape index (κ1) is 13.4. The Morgan fingerprint density at radius 3 is 2.50 bits per heavy atom. The van der Waals surface area contributed by atoms with Gasteiger partial charge in [0.1, 0.15) is 0 Å². The van der Waals surface area contributed by atoms with Crippen molar-refractivity contribution in [1.82, 2.24) is 0 Å². The summed E-state index contributed by atoms with van der Waals surface area (Å²) in [5.74, 6) is 0.532. The SMILES string of the molecule is CSC(=S)CC(C)CC(=O)c1ccccc1. The summed E-state index contributed by atoms with van der Waals surface area (Å²) in [5.41, 5.74) is 0.796. The number of carbonyl (C=O) groups is 1. The van der Waals surface area contributed by atoms with E-state index in [0.29, 0.717) is 12.3 Å². The van der Waals surface area contributed by atoms with Gasteiger partial charge >= 0.3 is 0 Å². The summed E-state index contributed by atoms with van der Waals surface area (Å²) in [6, 6.07) is 9.43. The number of Topliss-reactive ketones (excluding diaryl/α,β-unsaturated/α-hetero) is 1. The van der Waals surface area contributed by atoms with Crippen molar-refractivity contribution in [3.63, 3.8) is 0 Å². The van der Waals surface area contributed by atoms with Crippen molar-refractivity contribution in [2.75, 3.05) is 6.26 Å². The highest BCUT2D eigenvalue weighted by molar-refractivity contribution is 8.22. The van der Waals surface area contributed by atoms with Crippen molar-refractivity contribution in [3.05, 3.63) is 35.9 Å². The zero-order valence-electron chi connectivity index (χ0n) is 9.60. The van der Waals surface area contributed by atoms with Crippen LogP contribution >= 0.6 is 24.0 Å². The average Bonchev–Trinajstić information content (AvgIpc) is 2.29. The van der Waals surface area contributed by atoms with Gasteiger partial charge in [0.15, 0.2) is 5.78 Å². The van der Waals surface area contributed by atoms with Gasteiger partial charge in [0.25, 0.3) is 0 Å². The predicted molar refractivity (Wildman–Crippen MR) is 75.3 cm³/mol. The molecule has 0 radical (unpaired) electrons. The molecule has 86 valence electrons. The molecule has 0 heterocycles. The van der Waals surface area contributed by atoms with Crippen molar-refractivity contribution in [2.45, 2.75) is 19.8 Å². The molecule has 0 spiro atoms. The summed E-state index contributed by atoms with van der Waals surface area (Å²) >= 11 is 6.75. The normalized spacial score (nSPS) is 12.1. The summed E-state index contributed by atoms with van der Waals surface area (Å²) in [4.78, 5) is 11.9. The van der Waals surface area contributed by atoms with E-state index in [1.807, 2.05) is 36.6 Å². The average molecular weight is 252 g/mol. The van der Waals surface area contributed by atoms with Crippen LogP contribution in [-0.2, 0) is 0 Å². The monoisotopic (exact) mass is 252 g/mol. The lowest BCUT2D eigenvalue weighted by Gasteiger charge is -2.10. The van der Waals surface area contributed by atoms with Gasteiger partial charge in [0.05, 0.1) is 0 Å². The van der Waals surface area contributed by atoms with Crippen LogP contribution in [0.4, 0.5) is 0 Å². The number of hydrogen-bond acceptors (Lipinski definition) is 3. The van der Waals surface area contributed by atoms with E-state index < -0.39 is 0 Å². The van der Waals surface area contributed by atoms with E-state index in [4.69, 9.17) is 12.2 Å². The third-order valence-corrected chi connectivity index (χ3v) is 3.66. The fourth-order valence-electron chi connectivity index (χ4n) is 1.50. The molecule has 0 saturated heterocycles. The smallest absolute Gasteiger partial charge is 0.163 e. The Bertz CT molecular complexity index is 359. The number of rotatable bonds is 5. The maximum atomic E-state index is 11.9. The van der Waals surface area contributed by atoms with E-state index in [9.17, 15) is 4.79 Å². The highest BCUT2D eigenvalue weighted by Gasteiger charge is 2.12. The van der Waals surface area contributed by atoms with Gasteiger partial charge in [-0.2, -0.15) is 0 Å². The van der Waals surface area contributed by atoms with Crippen LogP contribution in [0, 0.1) is 5.92 Å². The second-order valence-corrected chi connectivity index (χ2v) is 5.53. The molecule has 1 nitrogen and oxygen atoms in total. The molecule has 0 aromatic heterocycles. The number of carbonyl (C=O) groups excluding carboxylic acids is 1. The predicted octanol–water partition coefficient (Wildman–Crippen LogP) is 3.98. The highest BCUT2D eigenvalue weighted by atomic mass is 32.2. The van der Waals surface area contributed by atoms with Crippen LogP contribution in [0.3, 0.4) is 0 Å². The molecule has 16 heavy (non-hydrogen) atoms.